The van der Waals surface area contributed by atoms with Gasteiger partial charge in [0.2, 0.25) is 5.91 Å². The van der Waals surface area contributed by atoms with E-state index in [0.29, 0.717) is 5.92 Å². The maximum Gasteiger partial charge on any atom is 0.222 e. The van der Waals surface area contributed by atoms with Crippen molar-refractivity contribution in [1.82, 2.24) is 0 Å². The van der Waals surface area contributed by atoms with Gasteiger partial charge in [0.15, 0.2) is 0 Å². The molecule has 2 saturated carbocycles. The third-order valence-corrected chi connectivity index (χ3v) is 3.20. The molecule has 0 aromatic rings. The summed E-state index contributed by atoms with van der Waals surface area (Å²) in [6, 6.07) is 0. The van der Waals surface area contributed by atoms with Crippen LogP contribution in [-0.2, 0) is 4.79 Å². The predicted molar refractivity (Wildman–Crippen MR) is 43.1 cm³/mol. The molecular formula is C8H11N3O. The second kappa shape index (κ2) is 2.79. The van der Waals surface area contributed by atoms with Crippen molar-refractivity contribution >= 4 is 5.91 Å². The lowest BCUT2D eigenvalue weighted by Gasteiger charge is -2.17. The zero-order valence-electron chi connectivity index (χ0n) is 6.81. The smallest absolute Gasteiger partial charge is 0.222 e. The Kier molecular flexibility index (Phi) is 1.77. The molecule has 2 aliphatic rings. The minimum atomic E-state index is -0.232. The van der Waals surface area contributed by atoms with Crippen molar-refractivity contribution in [3.8, 4) is 0 Å². The normalized spacial score (nSPS) is 37.8. The van der Waals surface area contributed by atoms with Gasteiger partial charge in [0.05, 0.1) is 0 Å². The third kappa shape index (κ3) is 1.08. The monoisotopic (exact) mass is 165 g/mol. The van der Waals surface area contributed by atoms with Crippen LogP contribution in [0.5, 0.6) is 0 Å². The fraction of sp³-hybridized carbons (Fsp3) is 0.875. The summed E-state index contributed by atoms with van der Waals surface area (Å²) in [6.45, 7) is 0. The van der Waals surface area contributed by atoms with E-state index in [1.807, 2.05) is 0 Å². The Bertz CT molecular complexity index is 257. The van der Waals surface area contributed by atoms with Crippen molar-refractivity contribution in [3.63, 3.8) is 0 Å². The van der Waals surface area contributed by atoms with E-state index in [1.165, 1.54) is 12.8 Å². The number of nitrogens with zero attached hydrogens (tertiary/aromatic N) is 3. The van der Waals surface area contributed by atoms with Gasteiger partial charge in [0, 0.05) is 10.8 Å². The molecule has 2 bridgehead atoms. The molecule has 0 aromatic carbocycles. The van der Waals surface area contributed by atoms with Crippen molar-refractivity contribution in [2.45, 2.75) is 25.7 Å². The Morgan fingerprint density at radius 2 is 2.25 bits per heavy atom. The van der Waals surface area contributed by atoms with Crippen LogP contribution in [0.4, 0.5) is 0 Å². The summed E-state index contributed by atoms with van der Waals surface area (Å²) in [7, 11) is 0. The molecule has 0 spiro atoms. The highest BCUT2D eigenvalue weighted by Gasteiger charge is 2.42. The number of hydrogen-bond donors (Lipinski definition) is 0. The van der Waals surface area contributed by atoms with E-state index in [2.05, 4.69) is 10.0 Å². The van der Waals surface area contributed by atoms with E-state index < -0.39 is 0 Å². The molecule has 2 aliphatic carbocycles. The molecule has 1 amide bonds. The van der Waals surface area contributed by atoms with Gasteiger partial charge in [0.25, 0.3) is 0 Å². The molecule has 4 heteroatoms. The average Bonchev–Trinajstić information content (AvgIpc) is 2.64. The first-order chi connectivity index (χ1) is 5.81. The summed E-state index contributed by atoms with van der Waals surface area (Å²) in [6.07, 6.45) is 4.56. The Morgan fingerprint density at radius 3 is 2.75 bits per heavy atom. The molecule has 4 nitrogen and oxygen atoms in total. The molecule has 0 N–H and O–H groups in total. The quantitative estimate of drug-likeness (QED) is 0.334. The molecule has 64 valence electrons. The number of amides is 1. The third-order valence-electron chi connectivity index (χ3n) is 3.20. The van der Waals surface area contributed by atoms with E-state index in [9.17, 15) is 4.79 Å². The standard InChI is InChI=1S/C8H11N3O/c9-11-10-8(12)7-4-5-1-2-6(7)3-5/h5-7H,1-4H2/t5-,6+,7-/m1/s1. The number of rotatable bonds is 1. The van der Waals surface area contributed by atoms with Crippen molar-refractivity contribution in [2.24, 2.45) is 22.9 Å². The van der Waals surface area contributed by atoms with Crippen LogP contribution in [0.2, 0.25) is 0 Å². The number of carbonyl (C=O) groups excluding carboxylic acids is 1. The summed E-state index contributed by atoms with van der Waals surface area (Å²) >= 11 is 0. The van der Waals surface area contributed by atoms with Gasteiger partial charge in [-0.2, -0.15) is 0 Å². The van der Waals surface area contributed by atoms with Crippen LogP contribution in [-0.4, -0.2) is 5.91 Å². The van der Waals surface area contributed by atoms with Crippen LogP contribution in [0.15, 0.2) is 5.11 Å². The molecule has 12 heavy (non-hydrogen) atoms. The summed E-state index contributed by atoms with van der Waals surface area (Å²) < 4.78 is 0. The van der Waals surface area contributed by atoms with Crippen LogP contribution in [0.25, 0.3) is 10.4 Å². The van der Waals surface area contributed by atoms with E-state index in [-0.39, 0.29) is 11.8 Å². The Hall–Kier alpha value is -1.02. The van der Waals surface area contributed by atoms with Crippen LogP contribution in [0.3, 0.4) is 0 Å². The molecule has 0 saturated heterocycles. The number of carbonyl (C=O) groups is 1. The second-order valence-electron chi connectivity index (χ2n) is 3.81. The minimum absolute atomic E-state index is 0.0552. The molecule has 0 heterocycles. The maximum absolute atomic E-state index is 11.2. The van der Waals surface area contributed by atoms with E-state index in [0.717, 1.165) is 18.8 Å². The molecule has 0 aromatic heterocycles. The van der Waals surface area contributed by atoms with Gasteiger partial charge in [-0.3, -0.25) is 4.79 Å². The Balaban J connectivity index is 2.07. The minimum Gasteiger partial charge on any atom is -0.292 e. The first kappa shape index (κ1) is 7.62. The number of fused-ring (bicyclic) bond motifs is 2. The zero-order valence-corrected chi connectivity index (χ0v) is 6.81. The van der Waals surface area contributed by atoms with Crippen LogP contribution in [0.1, 0.15) is 25.7 Å². The first-order valence-corrected chi connectivity index (χ1v) is 4.40. The highest BCUT2D eigenvalue weighted by atomic mass is 16.1. The Morgan fingerprint density at radius 1 is 1.42 bits per heavy atom. The predicted octanol–water partition coefficient (Wildman–Crippen LogP) is 2.26. The molecule has 0 unspecified atom stereocenters. The fourth-order valence-electron chi connectivity index (χ4n) is 2.67. The topological polar surface area (TPSA) is 65.8 Å². The van der Waals surface area contributed by atoms with Crippen LogP contribution >= 0.6 is 0 Å². The van der Waals surface area contributed by atoms with Gasteiger partial charge in [-0.05, 0) is 41.7 Å². The van der Waals surface area contributed by atoms with Crippen LogP contribution < -0.4 is 0 Å². The highest BCUT2D eigenvalue weighted by molar-refractivity contribution is 5.80. The summed E-state index contributed by atoms with van der Waals surface area (Å²) in [5, 5.41) is 3.17. The lowest BCUT2D eigenvalue weighted by Crippen LogP contribution is -2.18. The van der Waals surface area contributed by atoms with Crippen molar-refractivity contribution < 1.29 is 4.79 Å². The zero-order chi connectivity index (χ0) is 8.55. The Labute approximate surface area is 70.6 Å². The van der Waals surface area contributed by atoms with Gasteiger partial charge >= 0.3 is 0 Å². The summed E-state index contributed by atoms with van der Waals surface area (Å²) in [5.74, 6) is 1.08. The van der Waals surface area contributed by atoms with Gasteiger partial charge in [-0.15, -0.1) is 0 Å². The van der Waals surface area contributed by atoms with Gasteiger partial charge in [0.1, 0.15) is 0 Å². The SMILES string of the molecule is [N-]=[N+]=NC(=O)[C@@H]1C[C@@H]2CC[C@H]1C2. The molecule has 3 atom stereocenters. The summed E-state index contributed by atoms with van der Waals surface area (Å²) in [5.41, 5.74) is 8.10. The lowest BCUT2D eigenvalue weighted by molar-refractivity contribution is -0.123. The second-order valence-corrected chi connectivity index (χ2v) is 3.81. The molecule has 2 fully saturated rings. The van der Waals surface area contributed by atoms with E-state index in [4.69, 9.17) is 5.53 Å². The molecule has 0 radical (unpaired) electrons. The van der Waals surface area contributed by atoms with Crippen LogP contribution in [0, 0.1) is 17.8 Å². The number of hydrogen-bond acceptors (Lipinski definition) is 1. The first-order valence-electron chi connectivity index (χ1n) is 4.40. The van der Waals surface area contributed by atoms with E-state index in [1.54, 1.807) is 0 Å². The molecule has 0 aliphatic heterocycles. The van der Waals surface area contributed by atoms with Gasteiger partial charge < -0.3 is 0 Å². The lowest BCUT2D eigenvalue weighted by atomic mass is 9.88. The van der Waals surface area contributed by atoms with Crippen molar-refractivity contribution in [1.29, 1.82) is 0 Å². The average molecular weight is 165 g/mol. The summed E-state index contributed by atoms with van der Waals surface area (Å²) in [4.78, 5) is 13.8. The van der Waals surface area contributed by atoms with Gasteiger partial charge in [-0.1, -0.05) is 6.42 Å². The largest absolute Gasteiger partial charge is 0.292 e. The maximum atomic E-state index is 11.2. The number of azide groups is 1. The molecular weight excluding hydrogens is 154 g/mol. The van der Waals surface area contributed by atoms with Gasteiger partial charge in [-0.25, -0.2) is 0 Å². The molecule has 2 rings (SSSR count). The highest BCUT2D eigenvalue weighted by Crippen LogP contribution is 2.48. The van der Waals surface area contributed by atoms with Crippen molar-refractivity contribution in [3.05, 3.63) is 10.4 Å². The fourth-order valence-corrected chi connectivity index (χ4v) is 2.67. The van der Waals surface area contributed by atoms with Crippen molar-refractivity contribution in [2.75, 3.05) is 0 Å². The van der Waals surface area contributed by atoms with E-state index >= 15 is 0 Å².